The number of nitrogens with zero attached hydrogens (tertiary/aromatic N) is 12. The van der Waals surface area contributed by atoms with Crippen molar-refractivity contribution in [2.75, 3.05) is 269 Å². The predicted octanol–water partition coefficient (Wildman–Crippen LogP) is -3.49. The average molecular weight is 1190 g/mol. The molecule has 1 unspecified atom stereocenters. The maximum atomic E-state index is 11.6. The number of aliphatic carboxylic acids is 4. The number of carboxylic acids is 4. The van der Waals surface area contributed by atoms with E-state index in [9.17, 15) is 39.3 Å². The number of rotatable bonds is 28. The van der Waals surface area contributed by atoms with Crippen LogP contribution in [-0.2, 0) is 53.3 Å². The molecule has 0 aliphatic carbocycles. The number of hydrogen-bond acceptors (Lipinski definition) is 29. The van der Waals surface area contributed by atoms with E-state index in [1.807, 2.05) is 33.6 Å². The fraction of sp³-hybridized carbons (Fsp3) is 0.898. The Labute approximate surface area is 481 Å². The average Bonchev–Trinajstić information content (AvgIpc) is 3.42. The van der Waals surface area contributed by atoms with Crippen molar-refractivity contribution < 1.29 is 105 Å². The summed E-state index contributed by atoms with van der Waals surface area (Å²) in [5, 5.41) is 88.5. The molecule has 0 amide bonds. The minimum absolute atomic E-state index is 0.0259. The largest absolute Gasteiger partial charge is 0.480 e. The van der Waals surface area contributed by atoms with Crippen molar-refractivity contribution in [1.82, 2.24) is 58.8 Å². The van der Waals surface area contributed by atoms with Crippen molar-refractivity contribution in [1.29, 1.82) is 0 Å². The van der Waals surface area contributed by atoms with Gasteiger partial charge in [-0.25, -0.2) is 29.3 Å². The van der Waals surface area contributed by atoms with Crippen LogP contribution < -0.4 is 0 Å². The van der Waals surface area contributed by atoms with Gasteiger partial charge in [0.15, 0.2) is 0 Å². The maximum Gasteiger partial charge on any atom is 0.317 e. The fourth-order valence-corrected chi connectivity index (χ4v) is 9.35. The Morgan fingerprint density at radius 2 is 0.549 bits per heavy atom. The molecule has 0 saturated carbocycles. The number of ketones is 1. The normalized spacial score (nSPS) is 21.0. The molecule has 82 heavy (non-hydrogen) atoms. The van der Waals surface area contributed by atoms with E-state index in [-0.39, 0.29) is 77.6 Å². The molecule has 0 aromatic rings. The Hall–Kier alpha value is -3.41. The first-order chi connectivity index (χ1) is 39.3. The lowest BCUT2D eigenvalue weighted by Gasteiger charge is -2.36. The second-order valence-corrected chi connectivity index (χ2v) is 20.5. The van der Waals surface area contributed by atoms with Gasteiger partial charge in [0.25, 0.3) is 0 Å². The quantitative estimate of drug-likeness (QED) is 0.0268. The fourth-order valence-electron chi connectivity index (χ4n) is 9.35. The number of hydrogen-bond donors (Lipinski definition) is 10. The highest BCUT2D eigenvalue weighted by Crippen LogP contribution is 2.08. The molecule has 0 aromatic carbocycles. The molecule has 0 bridgehead atoms. The van der Waals surface area contributed by atoms with Gasteiger partial charge < -0.3 is 25.3 Å². The molecular formula is C49H100N12O21. The highest BCUT2D eigenvalue weighted by molar-refractivity contribution is 5.77. The van der Waals surface area contributed by atoms with Crippen LogP contribution in [0.1, 0.15) is 13.8 Å². The summed E-state index contributed by atoms with van der Waals surface area (Å²) < 4.78 is 0. The van der Waals surface area contributed by atoms with Gasteiger partial charge in [0.2, 0.25) is 0 Å². The summed E-state index contributed by atoms with van der Waals surface area (Å²) in [6, 6.07) is -0.157. The molecule has 3 aliphatic heterocycles. The van der Waals surface area contributed by atoms with Crippen molar-refractivity contribution in [2.24, 2.45) is 0 Å². The molecule has 0 spiro atoms. The monoisotopic (exact) mass is 1190 g/mol. The summed E-state index contributed by atoms with van der Waals surface area (Å²) in [4.78, 5) is 106. The molecule has 1 atom stereocenters. The Morgan fingerprint density at radius 1 is 0.329 bits per heavy atom. The van der Waals surface area contributed by atoms with Crippen LogP contribution in [0.3, 0.4) is 0 Å². The summed E-state index contributed by atoms with van der Waals surface area (Å²) in [5.74, 6) is -3.51. The second kappa shape index (κ2) is 48.8. The van der Waals surface area contributed by atoms with Crippen molar-refractivity contribution in [2.45, 2.75) is 19.9 Å². The lowest BCUT2D eigenvalue weighted by molar-refractivity contribution is -0.245. The number of carboxylic acid groups (broad SMARTS) is 4. The van der Waals surface area contributed by atoms with Crippen molar-refractivity contribution in [3.05, 3.63) is 0 Å². The van der Waals surface area contributed by atoms with Crippen LogP contribution in [0.25, 0.3) is 0 Å². The van der Waals surface area contributed by atoms with Gasteiger partial charge in [-0.05, 0) is 20.9 Å². The van der Waals surface area contributed by atoms with Gasteiger partial charge in [0.05, 0.1) is 72.4 Å². The van der Waals surface area contributed by atoms with Crippen LogP contribution in [-0.4, -0.2) is 416 Å². The zero-order valence-corrected chi connectivity index (χ0v) is 48.7. The van der Waals surface area contributed by atoms with Gasteiger partial charge in [-0.2, -0.15) is 0 Å². The molecule has 10 N–H and O–H groups in total. The number of likely N-dealkylation sites (N-methyl/N-ethyl adjacent to an activating group) is 1. The van der Waals surface area contributed by atoms with E-state index >= 15 is 0 Å². The van der Waals surface area contributed by atoms with E-state index in [2.05, 4.69) is 63.6 Å². The molecule has 3 rings (SSSR count). The molecule has 0 aromatic heterocycles. The van der Waals surface area contributed by atoms with Crippen LogP contribution in [0, 0.1) is 0 Å². The van der Waals surface area contributed by atoms with Crippen LogP contribution >= 0.6 is 0 Å². The van der Waals surface area contributed by atoms with E-state index < -0.39 is 23.9 Å². The molecular weight excluding hydrogens is 1090 g/mol. The highest BCUT2D eigenvalue weighted by atomic mass is 17.1. The zero-order chi connectivity index (χ0) is 60.9. The third-order valence-corrected chi connectivity index (χ3v) is 14.2. The van der Waals surface area contributed by atoms with Crippen molar-refractivity contribution in [3.8, 4) is 0 Å². The van der Waals surface area contributed by atoms with Crippen LogP contribution in [0.4, 0.5) is 0 Å². The van der Waals surface area contributed by atoms with Gasteiger partial charge in [-0.3, -0.25) is 109 Å². The van der Waals surface area contributed by atoms with E-state index in [0.29, 0.717) is 164 Å². The lowest BCUT2D eigenvalue weighted by atomic mass is 10.2. The molecule has 482 valence electrons. The zero-order valence-electron chi connectivity index (χ0n) is 48.7. The van der Waals surface area contributed by atoms with Crippen LogP contribution in [0.2, 0.25) is 0 Å². The van der Waals surface area contributed by atoms with E-state index in [0.717, 1.165) is 32.7 Å². The van der Waals surface area contributed by atoms with Gasteiger partial charge in [-0.1, -0.05) is 0 Å². The second-order valence-electron chi connectivity index (χ2n) is 20.5. The van der Waals surface area contributed by atoms with Gasteiger partial charge in [0, 0.05) is 196 Å². The Bertz CT molecular complexity index is 1630. The van der Waals surface area contributed by atoms with Crippen LogP contribution in [0.15, 0.2) is 0 Å². The first-order valence-corrected chi connectivity index (χ1v) is 28.0. The molecule has 3 saturated heterocycles. The number of carbonyl (C=O) groups excluding carboxylic acids is 1. The minimum atomic E-state index is -0.936. The Balaban J connectivity index is 0.000000617. The van der Waals surface area contributed by atoms with Gasteiger partial charge in [-0.15, -0.1) is 0 Å². The number of carbonyl (C=O) groups is 5. The topological polar surface area (TPSA) is 382 Å². The summed E-state index contributed by atoms with van der Waals surface area (Å²) in [6.45, 7) is 22.8. The first kappa shape index (κ1) is 76.6. The Morgan fingerprint density at radius 3 is 0.817 bits per heavy atom. The standard InChI is InChI=1S/C17H34N4O8.C17H34N4O7.C15H32N4O6/c1-15-12-20(13-16(22)23)5-4-18(8-10-28-26)2-3-19(9-11-29-27)6-7-21(15)14-17(24)25;1-16(22)14-20-6-4-18(10-12-27-25)2-3-19(11-13-28-26)5-7-21(9-8-20)15-17(23)24;1-16-2-4-17(10-12-24-22)6-7-18(11-13-25-23)8-9-19(5-3-16)14-15(20)21/h15,26-27H,2-14H2,1H3,(H,22,23)(H,24,25);25-26H,2-15H2,1H3,(H,23,24);22-23H,2-14H2,1H3,(H,20,21). The summed E-state index contributed by atoms with van der Waals surface area (Å²) in [5.41, 5.74) is 0. The first-order valence-electron chi connectivity index (χ1n) is 28.0. The van der Waals surface area contributed by atoms with E-state index in [4.69, 9.17) is 36.6 Å². The summed E-state index contributed by atoms with van der Waals surface area (Å²) in [6.07, 6.45) is 0. The van der Waals surface area contributed by atoms with Crippen molar-refractivity contribution >= 4 is 29.7 Å². The number of Topliss-reactive ketones (excluding diaryl/α,β-unsaturated/α-hetero) is 1. The predicted molar refractivity (Wildman–Crippen MR) is 296 cm³/mol. The van der Waals surface area contributed by atoms with Crippen molar-refractivity contribution in [3.63, 3.8) is 0 Å². The smallest absolute Gasteiger partial charge is 0.317 e. The Kier molecular flexibility index (Phi) is 45.6. The highest BCUT2D eigenvalue weighted by Gasteiger charge is 2.25. The summed E-state index contributed by atoms with van der Waals surface area (Å²) >= 11 is 0. The third-order valence-electron chi connectivity index (χ3n) is 14.2. The van der Waals surface area contributed by atoms with Gasteiger partial charge in [0.1, 0.15) is 5.78 Å². The molecule has 3 fully saturated rings. The lowest BCUT2D eigenvalue weighted by Crippen LogP contribution is -2.51. The molecule has 3 heterocycles. The minimum Gasteiger partial charge on any atom is -0.480 e. The molecule has 33 nitrogen and oxygen atoms in total. The van der Waals surface area contributed by atoms with Gasteiger partial charge >= 0.3 is 23.9 Å². The van der Waals surface area contributed by atoms with E-state index in [1.54, 1.807) is 11.8 Å². The summed E-state index contributed by atoms with van der Waals surface area (Å²) in [7, 11) is 2.02. The molecule has 3 aliphatic rings. The SMILES string of the molecule is CC(=O)CN1CCN(CCOO)CCN(CCOO)CCN(CC(=O)O)CC1.CC1CN(CC(=O)O)CCN(CCOO)CCN(CCOO)CCN1CC(=O)O.CN1CCN(CCOO)CCN(CCOO)CCN(CC(=O)O)CC1. The third kappa shape index (κ3) is 40.8. The van der Waals surface area contributed by atoms with Crippen LogP contribution in [0.5, 0.6) is 0 Å². The maximum absolute atomic E-state index is 11.6. The van der Waals surface area contributed by atoms with E-state index in [1.165, 1.54) is 0 Å². The molecule has 33 heteroatoms. The molecule has 0 radical (unpaired) electrons.